The molecule has 1 aromatic carbocycles. The lowest BCUT2D eigenvalue weighted by molar-refractivity contribution is -0.150. The number of para-hydroxylation sites is 1. The predicted octanol–water partition coefficient (Wildman–Crippen LogP) is -0.849. The van der Waals surface area contributed by atoms with E-state index in [2.05, 4.69) is 15.3 Å². The first kappa shape index (κ1) is 24.1. The second kappa shape index (κ2) is 10.8. The van der Waals surface area contributed by atoms with Gasteiger partial charge in [-0.3, -0.25) is 14.5 Å². The first-order valence-corrected chi connectivity index (χ1v) is 10.0. The van der Waals surface area contributed by atoms with Gasteiger partial charge in [0.05, 0.1) is 12.8 Å². The highest BCUT2D eigenvalue weighted by Crippen LogP contribution is 2.28. The Balaban J connectivity index is 1.50. The Morgan fingerprint density at radius 1 is 1.21 bits per heavy atom. The van der Waals surface area contributed by atoms with E-state index in [1.54, 1.807) is 24.3 Å². The van der Waals surface area contributed by atoms with Gasteiger partial charge in [0.25, 0.3) is 0 Å². The summed E-state index contributed by atoms with van der Waals surface area (Å²) in [4.78, 5) is 32.7. The Hall–Kier alpha value is -3.55. The minimum absolute atomic E-state index is 0.00148. The second-order valence-electron chi connectivity index (χ2n) is 7.20. The van der Waals surface area contributed by atoms with Crippen molar-refractivity contribution in [2.75, 3.05) is 18.7 Å². The average molecular weight is 464 g/mol. The molecule has 1 fully saturated rings. The number of aliphatic imine (C=N–C) groups is 2. The van der Waals surface area contributed by atoms with E-state index >= 15 is 0 Å². The van der Waals surface area contributed by atoms with Crippen molar-refractivity contribution in [1.29, 1.82) is 0 Å². The number of aliphatic hydroxyl groups excluding tert-OH is 2. The molecule has 2 aliphatic rings. The molecule has 0 spiro atoms. The fourth-order valence-electron chi connectivity index (χ4n) is 3.26. The average Bonchev–Trinajstić information content (AvgIpc) is 3.33. The van der Waals surface area contributed by atoms with Crippen LogP contribution in [0.5, 0.6) is 0 Å². The van der Waals surface area contributed by atoms with Crippen LogP contribution >= 0.6 is 0 Å². The quantitative estimate of drug-likeness (QED) is 0.241. The third-order valence-electron chi connectivity index (χ3n) is 4.88. The summed E-state index contributed by atoms with van der Waals surface area (Å²) >= 11 is 0. The van der Waals surface area contributed by atoms with Crippen molar-refractivity contribution < 1.29 is 33.7 Å². The van der Waals surface area contributed by atoms with Crippen molar-refractivity contribution in [2.24, 2.45) is 21.5 Å². The van der Waals surface area contributed by atoms with Crippen molar-refractivity contribution in [3.63, 3.8) is 0 Å². The fourth-order valence-corrected chi connectivity index (χ4v) is 3.26. The van der Waals surface area contributed by atoms with Gasteiger partial charge >= 0.3 is 5.97 Å². The maximum Gasteiger partial charge on any atom is 0.306 e. The number of anilines is 1. The van der Waals surface area contributed by atoms with Crippen molar-refractivity contribution in [3.8, 4) is 0 Å². The van der Waals surface area contributed by atoms with E-state index in [-0.39, 0.29) is 42.7 Å². The van der Waals surface area contributed by atoms with Crippen LogP contribution in [0.1, 0.15) is 12.8 Å². The number of halogens is 1. The molecule has 33 heavy (non-hydrogen) atoms. The molecule has 2 aliphatic heterocycles. The van der Waals surface area contributed by atoms with Gasteiger partial charge in [-0.15, -0.1) is 0 Å². The highest BCUT2D eigenvalue weighted by Gasteiger charge is 2.48. The summed E-state index contributed by atoms with van der Waals surface area (Å²) in [6.07, 6.45) is -4.28. The van der Waals surface area contributed by atoms with Crippen LogP contribution in [0.25, 0.3) is 0 Å². The Morgan fingerprint density at radius 3 is 2.61 bits per heavy atom. The first-order valence-electron chi connectivity index (χ1n) is 10.0. The van der Waals surface area contributed by atoms with Gasteiger partial charge in [0.15, 0.2) is 18.9 Å². The number of rotatable bonds is 8. The van der Waals surface area contributed by atoms with Crippen LogP contribution in [-0.2, 0) is 19.1 Å². The molecule has 1 amide bonds. The number of aliphatic hydroxyl groups is 2. The maximum absolute atomic E-state index is 12.8. The first-order chi connectivity index (χ1) is 15.8. The molecule has 1 aromatic rings. The summed E-state index contributed by atoms with van der Waals surface area (Å²) < 4.78 is 23.5. The van der Waals surface area contributed by atoms with Gasteiger partial charge in [-0.1, -0.05) is 18.2 Å². The fraction of sp³-hybridized carbons (Fsp3) is 0.400. The van der Waals surface area contributed by atoms with Gasteiger partial charge in [-0.05, 0) is 12.1 Å². The molecule has 178 valence electrons. The number of hydrogen-bond donors (Lipinski definition) is 5. The zero-order valence-electron chi connectivity index (χ0n) is 17.5. The summed E-state index contributed by atoms with van der Waals surface area (Å²) in [6, 6.07) is 8.77. The number of alkyl halides is 1. The topological polar surface area (TPSA) is 185 Å². The molecule has 0 saturated carbocycles. The molecular weight excluding hydrogens is 439 g/mol. The predicted molar refractivity (Wildman–Crippen MR) is 115 cm³/mol. The number of nitrogens with two attached hydrogens (primary N) is 2. The number of carbonyl (C=O) groups is 2. The highest BCUT2D eigenvalue weighted by molar-refractivity contribution is 6.09. The van der Waals surface area contributed by atoms with Crippen LogP contribution in [0, 0.1) is 0 Å². The summed E-state index contributed by atoms with van der Waals surface area (Å²) in [7, 11) is 0. The minimum atomic E-state index is -1.46. The van der Waals surface area contributed by atoms with Crippen molar-refractivity contribution >= 4 is 29.7 Å². The SMILES string of the molecule is NC(N)=C1N=CN([C@@H]2O[C@H](COC(=O)CCC(=O)Nc3ccccc3)[C@@H](O)[C@H]2O)/C1=N/CF. The number of ether oxygens (including phenoxy) is 2. The Morgan fingerprint density at radius 2 is 1.94 bits per heavy atom. The van der Waals surface area contributed by atoms with Crippen LogP contribution in [0.4, 0.5) is 10.1 Å². The lowest BCUT2D eigenvalue weighted by atomic mass is 10.1. The van der Waals surface area contributed by atoms with Crippen LogP contribution in [-0.4, -0.2) is 77.1 Å². The Kier molecular flexibility index (Phi) is 7.92. The maximum atomic E-state index is 12.8. The molecule has 12 nitrogen and oxygen atoms in total. The van der Waals surface area contributed by atoms with Gasteiger partial charge in [0, 0.05) is 12.1 Å². The molecule has 0 radical (unpaired) electrons. The Labute approximate surface area is 188 Å². The molecule has 7 N–H and O–H groups in total. The summed E-state index contributed by atoms with van der Waals surface area (Å²) in [5, 5.41) is 23.3. The molecule has 1 saturated heterocycles. The number of hydrogen-bond acceptors (Lipinski definition) is 10. The van der Waals surface area contributed by atoms with Gasteiger partial charge in [0.1, 0.15) is 36.4 Å². The lowest BCUT2D eigenvalue weighted by Gasteiger charge is -2.25. The molecule has 13 heteroatoms. The summed E-state index contributed by atoms with van der Waals surface area (Å²) in [5.41, 5.74) is 11.6. The monoisotopic (exact) mass is 464 g/mol. The van der Waals surface area contributed by atoms with Crippen molar-refractivity contribution in [2.45, 2.75) is 37.4 Å². The van der Waals surface area contributed by atoms with Crippen LogP contribution in [0.3, 0.4) is 0 Å². The summed E-state index contributed by atoms with van der Waals surface area (Å²) in [5.74, 6) is -1.33. The van der Waals surface area contributed by atoms with Crippen molar-refractivity contribution in [1.82, 2.24) is 4.90 Å². The second-order valence-corrected chi connectivity index (χ2v) is 7.20. The van der Waals surface area contributed by atoms with Gasteiger partial charge < -0.3 is 36.5 Å². The molecule has 3 rings (SSSR count). The van der Waals surface area contributed by atoms with E-state index < -0.39 is 37.3 Å². The normalized spacial score (nSPS) is 25.5. The standard InChI is InChI=1S/C20H25FN6O6/c21-9-24-19-15(18(22)23)25-10-27(19)20-17(31)16(30)12(33-20)8-32-14(29)7-6-13(28)26-11-4-2-1-3-5-11/h1-5,10,12,16-17,20,30-31H,6-9,22-23H2,(H,26,28)/b24-19+/t12-,16-,17-,20-/m1/s1. The van der Waals surface area contributed by atoms with E-state index in [0.717, 1.165) is 0 Å². The number of amides is 1. The molecule has 2 heterocycles. The summed E-state index contributed by atoms with van der Waals surface area (Å²) in [6.45, 7) is -1.48. The van der Waals surface area contributed by atoms with E-state index in [0.29, 0.717) is 5.69 Å². The Bertz CT molecular complexity index is 952. The van der Waals surface area contributed by atoms with E-state index in [1.807, 2.05) is 6.07 Å². The molecule has 0 aliphatic carbocycles. The molecule has 0 aromatic heterocycles. The van der Waals surface area contributed by atoms with Crippen LogP contribution < -0.4 is 16.8 Å². The number of esters is 1. The number of benzene rings is 1. The molecule has 0 bridgehead atoms. The van der Waals surface area contributed by atoms with Crippen LogP contribution in [0.2, 0.25) is 0 Å². The lowest BCUT2D eigenvalue weighted by Crippen LogP contribution is -2.45. The van der Waals surface area contributed by atoms with E-state index in [1.165, 1.54) is 11.2 Å². The third kappa shape index (κ3) is 5.83. The molecule has 4 atom stereocenters. The number of amidine groups is 1. The molecule has 0 unspecified atom stereocenters. The van der Waals surface area contributed by atoms with Gasteiger partial charge in [-0.25, -0.2) is 14.4 Å². The van der Waals surface area contributed by atoms with Crippen molar-refractivity contribution in [3.05, 3.63) is 41.8 Å². The zero-order valence-corrected chi connectivity index (χ0v) is 17.5. The van der Waals surface area contributed by atoms with E-state index in [4.69, 9.17) is 20.9 Å². The van der Waals surface area contributed by atoms with E-state index in [9.17, 15) is 24.2 Å². The van der Waals surface area contributed by atoms with Gasteiger partial charge in [0.2, 0.25) is 5.91 Å². The third-order valence-corrected chi connectivity index (χ3v) is 4.88. The highest BCUT2D eigenvalue weighted by atomic mass is 19.1. The number of nitrogens with one attached hydrogen (secondary N) is 1. The van der Waals surface area contributed by atoms with Gasteiger partial charge in [-0.2, -0.15) is 0 Å². The largest absolute Gasteiger partial charge is 0.463 e. The molecular formula is C20H25FN6O6. The van der Waals surface area contributed by atoms with Crippen LogP contribution in [0.15, 0.2) is 51.8 Å². The zero-order chi connectivity index (χ0) is 24.0. The minimum Gasteiger partial charge on any atom is -0.463 e. The number of carbonyl (C=O) groups excluding carboxylic acids is 2. The number of nitrogens with zero attached hydrogens (tertiary/aromatic N) is 3. The smallest absolute Gasteiger partial charge is 0.306 e.